The maximum Gasteiger partial charge on any atom is 0.416 e. The second-order valence-electron chi connectivity index (χ2n) is 6.27. The Hall–Kier alpha value is -2.70. The smallest absolute Gasteiger partial charge is 0.416 e. The highest BCUT2D eigenvalue weighted by Crippen LogP contribution is 2.40. The zero-order valence-electron chi connectivity index (χ0n) is 13.8. The third-order valence-electron chi connectivity index (χ3n) is 4.66. The van der Waals surface area contributed by atoms with Crippen molar-refractivity contribution in [2.75, 3.05) is 13.2 Å². The van der Waals surface area contributed by atoms with Gasteiger partial charge in [-0.1, -0.05) is 0 Å². The first kappa shape index (κ1) is 16.8. The van der Waals surface area contributed by atoms with Crippen molar-refractivity contribution < 1.29 is 27.4 Å². The minimum absolute atomic E-state index is 0.180. The molecule has 2 aliphatic heterocycles. The van der Waals surface area contributed by atoms with Crippen molar-refractivity contribution in [2.45, 2.75) is 25.6 Å². The quantitative estimate of drug-likeness (QED) is 0.908. The molecule has 0 fully saturated rings. The van der Waals surface area contributed by atoms with Crippen molar-refractivity contribution in [2.24, 2.45) is 0 Å². The van der Waals surface area contributed by atoms with Crippen molar-refractivity contribution in [1.29, 1.82) is 0 Å². The number of hydrogen-bond donors (Lipinski definition) is 1. The van der Waals surface area contributed by atoms with Gasteiger partial charge in [0.05, 0.1) is 18.8 Å². The van der Waals surface area contributed by atoms with Gasteiger partial charge >= 0.3 is 6.18 Å². The second-order valence-corrected chi connectivity index (χ2v) is 6.27. The maximum absolute atomic E-state index is 12.6. The third-order valence-corrected chi connectivity index (χ3v) is 4.66. The van der Waals surface area contributed by atoms with Crippen LogP contribution in [0.3, 0.4) is 0 Å². The zero-order chi connectivity index (χ0) is 18.3. The Balaban J connectivity index is 1.52. The van der Waals surface area contributed by atoms with E-state index in [-0.39, 0.29) is 12.1 Å². The summed E-state index contributed by atoms with van der Waals surface area (Å²) in [6, 6.07) is 6.16. The Labute approximate surface area is 147 Å². The first-order valence-electron chi connectivity index (χ1n) is 8.32. The number of amides is 1. The van der Waals surface area contributed by atoms with E-state index in [1.807, 2.05) is 6.07 Å². The van der Waals surface area contributed by atoms with Gasteiger partial charge in [-0.3, -0.25) is 4.79 Å². The normalized spacial score (nSPS) is 15.0. The summed E-state index contributed by atoms with van der Waals surface area (Å²) in [6.45, 7) is 1.44. The third kappa shape index (κ3) is 2.98. The summed E-state index contributed by atoms with van der Waals surface area (Å²) in [5.74, 6) is 1.19. The summed E-state index contributed by atoms with van der Waals surface area (Å²) in [4.78, 5) is 12.3. The Morgan fingerprint density at radius 1 is 1.08 bits per heavy atom. The van der Waals surface area contributed by atoms with Gasteiger partial charge in [0.15, 0.2) is 0 Å². The van der Waals surface area contributed by atoms with E-state index in [1.165, 1.54) is 12.1 Å². The predicted octanol–water partition coefficient (Wildman–Crippen LogP) is 3.51. The first-order chi connectivity index (χ1) is 12.4. The van der Waals surface area contributed by atoms with Gasteiger partial charge in [-0.05, 0) is 30.3 Å². The fourth-order valence-corrected chi connectivity index (χ4v) is 3.35. The van der Waals surface area contributed by atoms with E-state index in [2.05, 4.69) is 5.32 Å². The number of alkyl halides is 3. The van der Waals surface area contributed by atoms with Crippen LogP contribution in [-0.4, -0.2) is 19.1 Å². The number of carbonyl (C=O) groups excluding carboxylic acids is 1. The van der Waals surface area contributed by atoms with Crippen LogP contribution in [0.15, 0.2) is 30.3 Å². The fraction of sp³-hybridized carbons (Fsp3) is 0.316. The number of nitrogens with one attached hydrogen (secondary N) is 1. The Bertz CT molecular complexity index is 828. The van der Waals surface area contributed by atoms with E-state index >= 15 is 0 Å². The summed E-state index contributed by atoms with van der Waals surface area (Å²) in [6.07, 6.45) is -2.87. The lowest BCUT2D eigenvalue weighted by Crippen LogP contribution is -2.23. The van der Waals surface area contributed by atoms with Gasteiger partial charge in [-0.15, -0.1) is 0 Å². The lowest BCUT2D eigenvalue weighted by molar-refractivity contribution is -0.137. The minimum atomic E-state index is -4.42. The summed E-state index contributed by atoms with van der Waals surface area (Å²) in [5, 5.41) is 2.78. The molecule has 0 aliphatic carbocycles. The van der Waals surface area contributed by atoms with Crippen molar-refractivity contribution in [3.05, 3.63) is 58.1 Å². The number of benzene rings is 2. The molecule has 0 spiro atoms. The van der Waals surface area contributed by atoms with Crippen LogP contribution >= 0.6 is 0 Å². The topological polar surface area (TPSA) is 47.6 Å². The largest absolute Gasteiger partial charge is 0.493 e. The molecule has 4 rings (SSSR count). The lowest BCUT2D eigenvalue weighted by atomic mass is 9.99. The first-order valence-corrected chi connectivity index (χ1v) is 8.32. The summed E-state index contributed by atoms with van der Waals surface area (Å²) in [5.41, 5.74) is 2.38. The molecular weight excluding hydrogens is 347 g/mol. The van der Waals surface area contributed by atoms with Gasteiger partial charge in [0, 0.05) is 41.6 Å². The average molecular weight is 363 g/mol. The van der Waals surface area contributed by atoms with E-state index in [9.17, 15) is 18.0 Å². The molecule has 0 unspecified atom stereocenters. The predicted molar refractivity (Wildman–Crippen MR) is 87.5 cm³/mol. The highest BCUT2D eigenvalue weighted by atomic mass is 19.4. The standard InChI is InChI=1S/C19H16F3NO3/c20-19(21,22)13-3-1-11(2-4-13)18(24)23-10-15-14-6-8-25-16(14)9-12-5-7-26-17(12)15/h1-4,9H,5-8,10H2,(H,23,24). The van der Waals surface area contributed by atoms with Crippen LogP contribution in [0.1, 0.15) is 32.6 Å². The number of hydrogen-bond acceptors (Lipinski definition) is 3. The molecule has 4 nitrogen and oxygen atoms in total. The summed E-state index contributed by atoms with van der Waals surface area (Å²) >= 11 is 0. The van der Waals surface area contributed by atoms with Gasteiger partial charge in [-0.2, -0.15) is 13.2 Å². The van der Waals surface area contributed by atoms with Gasteiger partial charge in [0.25, 0.3) is 5.91 Å². The van der Waals surface area contributed by atoms with Crippen molar-refractivity contribution in [3.63, 3.8) is 0 Å². The number of halogens is 3. The Morgan fingerprint density at radius 3 is 2.54 bits per heavy atom. The lowest BCUT2D eigenvalue weighted by Gasteiger charge is -2.14. The van der Waals surface area contributed by atoms with Crippen molar-refractivity contribution in [1.82, 2.24) is 5.32 Å². The van der Waals surface area contributed by atoms with E-state index in [1.54, 1.807) is 0 Å². The van der Waals surface area contributed by atoms with Crippen molar-refractivity contribution in [3.8, 4) is 11.5 Å². The summed E-state index contributed by atoms with van der Waals surface area (Å²) in [7, 11) is 0. The fourth-order valence-electron chi connectivity index (χ4n) is 3.35. The average Bonchev–Trinajstić information content (AvgIpc) is 3.26. The van der Waals surface area contributed by atoms with Crippen LogP contribution in [0.4, 0.5) is 13.2 Å². The number of carbonyl (C=O) groups is 1. The van der Waals surface area contributed by atoms with E-state index in [4.69, 9.17) is 9.47 Å². The van der Waals surface area contributed by atoms with Crippen LogP contribution in [0.25, 0.3) is 0 Å². The van der Waals surface area contributed by atoms with Crippen molar-refractivity contribution >= 4 is 5.91 Å². The van der Waals surface area contributed by atoms with Gasteiger partial charge in [0.1, 0.15) is 11.5 Å². The van der Waals surface area contributed by atoms with E-state index in [0.717, 1.165) is 53.2 Å². The number of rotatable bonds is 3. The SMILES string of the molecule is O=C(NCc1c2c(cc3c1OCC3)OCC2)c1ccc(C(F)(F)F)cc1. The zero-order valence-corrected chi connectivity index (χ0v) is 13.8. The molecule has 0 bridgehead atoms. The van der Waals surface area contributed by atoms with Crippen LogP contribution in [-0.2, 0) is 25.6 Å². The Morgan fingerprint density at radius 2 is 1.81 bits per heavy atom. The molecule has 1 N–H and O–H groups in total. The highest BCUT2D eigenvalue weighted by Gasteiger charge is 2.30. The number of fused-ring (bicyclic) bond motifs is 2. The molecule has 0 radical (unpaired) electrons. The molecule has 2 aliphatic rings. The molecule has 0 saturated heterocycles. The molecule has 1 amide bonds. The Kier molecular flexibility index (Phi) is 4.01. The van der Waals surface area contributed by atoms with Crippen LogP contribution < -0.4 is 14.8 Å². The van der Waals surface area contributed by atoms with Crippen LogP contribution in [0.2, 0.25) is 0 Å². The van der Waals surface area contributed by atoms with Gasteiger partial charge in [0.2, 0.25) is 0 Å². The molecule has 26 heavy (non-hydrogen) atoms. The summed E-state index contributed by atoms with van der Waals surface area (Å²) < 4.78 is 49.2. The molecule has 0 aromatic heterocycles. The molecule has 2 heterocycles. The maximum atomic E-state index is 12.6. The highest BCUT2D eigenvalue weighted by molar-refractivity contribution is 5.94. The number of ether oxygens (including phenoxy) is 2. The molecule has 0 atom stereocenters. The second kappa shape index (κ2) is 6.23. The molecule has 7 heteroatoms. The molecule has 2 aromatic carbocycles. The van der Waals surface area contributed by atoms with Gasteiger partial charge < -0.3 is 14.8 Å². The molecular formula is C19H16F3NO3. The molecule has 0 saturated carbocycles. The van der Waals surface area contributed by atoms with E-state index < -0.39 is 17.6 Å². The van der Waals surface area contributed by atoms with Crippen LogP contribution in [0.5, 0.6) is 11.5 Å². The van der Waals surface area contributed by atoms with Gasteiger partial charge in [-0.25, -0.2) is 0 Å². The van der Waals surface area contributed by atoms with E-state index in [0.29, 0.717) is 13.2 Å². The monoisotopic (exact) mass is 363 g/mol. The minimum Gasteiger partial charge on any atom is -0.493 e. The van der Waals surface area contributed by atoms with Crippen LogP contribution in [0, 0.1) is 0 Å². The molecule has 136 valence electrons. The molecule has 2 aromatic rings.